The van der Waals surface area contributed by atoms with Crippen molar-refractivity contribution in [1.82, 2.24) is 4.98 Å². The summed E-state index contributed by atoms with van der Waals surface area (Å²) in [6.45, 7) is 13.6. The fourth-order valence-electron chi connectivity index (χ4n) is 4.96. The Morgan fingerprint density at radius 2 is 1.79 bits per heavy atom. The number of benzene rings is 2. The molecule has 1 aromatic heterocycles. The summed E-state index contributed by atoms with van der Waals surface area (Å²) >= 11 is 0. The van der Waals surface area contributed by atoms with Crippen LogP contribution in [0.4, 0.5) is 0 Å². The highest BCUT2D eigenvalue weighted by Crippen LogP contribution is 2.46. The third-order valence-corrected chi connectivity index (χ3v) is 6.95. The number of nitrogens with zero attached hydrogens (tertiary/aromatic N) is 2. The van der Waals surface area contributed by atoms with Gasteiger partial charge in [-0.3, -0.25) is 0 Å². The van der Waals surface area contributed by atoms with Crippen LogP contribution in [0.1, 0.15) is 67.0 Å². The Morgan fingerprint density at radius 3 is 2.46 bits per heavy atom. The first-order chi connectivity index (χ1) is 13.2. The molecule has 0 N–H and O–H groups in total. The maximum absolute atomic E-state index is 5.18. The molecule has 1 atom stereocenters. The molecule has 0 radical (unpaired) electrons. The summed E-state index contributed by atoms with van der Waals surface area (Å²) < 4.78 is 2.25. The van der Waals surface area contributed by atoms with E-state index in [1.54, 1.807) is 0 Å². The van der Waals surface area contributed by atoms with Gasteiger partial charge in [0.25, 0.3) is 0 Å². The van der Waals surface area contributed by atoms with Crippen LogP contribution < -0.4 is 4.57 Å². The Morgan fingerprint density at radius 1 is 1.04 bits per heavy atom. The Balaban J connectivity index is 1.88. The Bertz CT molecular complexity index is 1080. The minimum atomic E-state index is 0.466. The van der Waals surface area contributed by atoms with Crippen molar-refractivity contribution in [1.29, 1.82) is 0 Å². The second kappa shape index (κ2) is 6.69. The summed E-state index contributed by atoms with van der Waals surface area (Å²) in [6, 6.07) is 11.5. The summed E-state index contributed by atoms with van der Waals surface area (Å²) in [5, 5.41) is 1.26. The van der Waals surface area contributed by atoms with Crippen LogP contribution in [-0.2, 0) is 7.05 Å². The zero-order valence-corrected chi connectivity index (χ0v) is 18.5. The lowest BCUT2D eigenvalue weighted by atomic mass is 9.88. The monoisotopic (exact) mass is 373 g/mol. The van der Waals surface area contributed by atoms with Crippen LogP contribution in [0, 0.1) is 33.1 Å². The van der Waals surface area contributed by atoms with Gasteiger partial charge in [-0.1, -0.05) is 26.0 Å². The van der Waals surface area contributed by atoms with Crippen LogP contribution in [0.5, 0.6) is 0 Å². The van der Waals surface area contributed by atoms with Crippen molar-refractivity contribution in [3.8, 4) is 11.4 Å². The third-order valence-electron chi connectivity index (χ3n) is 6.95. The first-order valence-corrected chi connectivity index (χ1v) is 10.5. The fourth-order valence-corrected chi connectivity index (χ4v) is 4.96. The lowest BCUT2D eigenvalue weighted by Crippen LogP contribution is -2.36. The third kappa shape index (κ3) is 3.23. The normalized spacial score (nSPS) is 18.8. The number of aryl methyl sites for hydroxylation is 3. The van der Waals surface area contributed by atoms with Crippen LogP contribution in [0.25, 0.3) is 22.3 Å². The van der Waals surface area contributed by atoms with Crippen molar-refractivity contribution >= 4 is 10.9 Å². The summed E-state index contributed by atoms with van der Waals surface area (Å²) in [5.41, 5.74) is 9.52. The molecule has 1 heterocycles. The van der Waals surface area contributed by atoms with Crippen molar-refractivity contribution < 1.29 is 4.57 Å². The largest absolute Gasteiger partial charge is 0.331 e. The first-order valence-electron chi connectivity index (χ1n) is 10.5. The van der Waals surface area contributed by atoms with Crippen molar-refractivity contribution in [2.45, 2.75) is 66.7 Å². The highest BCUT2D eigenvalue weighted by atomic mass is 15.0. The van der Waals surface area contributed by atoms with Gasteiger partial charge in [0.05, 0.1) is 18.0 Å². The standard InChI is InChI=1S/C26H33N2/c1-16-12-17(2)18(3)23(13-16)25-27-24-14-20(21-10-11-26(5,6)15-21)8-9-22(24)19(4)28(25)7/h8-9,12-14,21H,10-11,15H2,1-7H3/q+1. The highest BCUT2D eigenvalue weighted by molar-refractivity contribution is 5.82. The summed E-state index contributed by atoms with van der Waals surface area (Å²) in [4.78, 5) is 5.18. The van der Waals surface area contributed by atoms with Gasteiger partial charge in [0.1, 0.15) is 5.69 Å². The van der Waals surface area contributed by atoms with Gasteiger partial charge in [0.2, 0.25) is 0 Å². The van der Waals surface area contributed by atoms with E-state index in [-0.39, 0.29) is 0 Å². The van der Waals surface area contributed by atoms with Gasteiger partial charge in [-0.2, -0.15) is 0 Å². The van der Waals surface area contributed by atoms with Gasteiger partial charge in [0.15, 0.2) is 5.52 Å². The minimum Gasteiger partial charge on any atom is -0.230 e. The molecule has 3 aromatic rings. The number of aromatic nitrogens is 2. The summed E-state index contributed by atoms with van der Waals surface area (Å²) in [7, 11) is 2.14. The molecule has 146 valence electrons. The molecule has 2 nitrogen and oxygen atoms in total. The van der Waals surface area contributed by atoms with Crippen molar-refractivity contribution in [3.63, 3.8) is 0 Å². The Kier molecular flexibility index (Phi) is 4.56. The molecular formula is C26H33N2+. The zero-order valence-electron chi connectivity index (χ0n) is 18.5. The van der Waals surface area contributed by atoms with Crippen LogP contribution in [0.2, 0.25) is 0 Å². The molecule has 0 bridgehead atoms. The molecule has 1 unspecified atom stereocenters. The molecule has 1 aliphatic carbocycles. The van der Waals surface area contributed by atoms with E-state index in [9.17, 15) is 0 Å². The maximum Gasteiger partial charge on any atom is 0.331 e. The molecule has 0 spiro atoms. The van der Waals surface area contributed by atoms with E-state index in [0.29, 0.717) is 11.3 Å². The van der Waals surface area contributed by atoms with E-state index in [1.165, 1.54) is 58.2 Å². The quantitative estimate of drug-likeness (QED) is 0.485. The molecule has 0 amide bonds. The SMILES string of the molecule is Cc1cc(C)c(C)c(-c2nc3cc(C4CCC(C)(C)C4)ccc3c(C)[n+]2C)c1. The topological polar surface area (TPSA) is 16.8 Å². The molecule has 1 saturated carbocycles. The summed E-state index contributed by atoms with van der Waals surface area (Å²) in [5.74, 6) is 1.74. The second-order valence-electron chi connectivity index (χ2n) is 9.71. The molecule has 1 fully saturated rings. The molecule has 0 saturated heterocycles. The van der Waals surface area contributed by atoms with Gasteiger partial charge in [-0.25, -0.2) is 4.57 Å². The van der Waals surface area contributed by atoms with Crippen LogP contribution in [0.3, 0.4) is 0 Å². The average molecular weight is 374 g/mol. The van der Waals surface area contributed by atoms with E-state index >= 15 is 0 Å². The van der Waals surface area contributed by atoms with Crippen molar-refractivity contribution in [3.05, 3.63) is 58.3 Å². The van der Waals surface area contributed by atoms with Gasteiger partial charge in [0, 0.05) is 0 Å². The predicted octanol–water partition coefficient (Wildman–Crippen LogP) is 6.25. The van der Waals surface area contributed by atoms with E-state index in [0.717, 1.165) is 11.3 Å². The number of fused-ring (bicyclic) bond motifs is 1. The van der Waals surface area contributed by atoms with E-state index in [2.05, 4.69) is 83.5 Å². The van der Waals surface area contributed by atoms with Crippen LogP contribution in [0.15, 0.2) is 30.3 Å². The average Bonchev–Trinajstić information content (AvgIpc) is 3.01. The van der Waals surface area contributed by atoms with Crippen molar-refractivity contribution in [2.75, 3.05) is 0 Å². The Labute approximate surface area is 169 Å². The van der Waals surface area contributed by atoms with Gasteiger partial charge < -0.3 is 0 Å². The number of rotatable bonds is 2. The highest BCUT2D eigenvalue weighted by Gasteiger charge is 2.32. The second-order valence-corrected chi connectivity index (χ2v) is 9.71. The van der Waals surface area contributed by atoms with E-state index < -0.39 is 0 Å². The molecule has 28 heavy (non-hydrogen) atoms. The lowest BCUT2D eigenvalue weighted by Gasteiger charge is -2.17. The van der Waals surface area contributed by atoms with E-state index in [1.807, 2.05) is 0 Å². The van der Waals surface area contributed by atoms with E-state index in [4.69, 9.17) is 4.98 Å². The first kappa shape index (κ1) is 19.1. The van der Waals surface area contributed by atoms with Gasteiger partial charge in [-0.15, -0.1) is 0 Å². The Hall–Kier alpha value is -2.22. The van der Waals surface area contributed by atoms with Crippen LogP contribution in [-0.4, -0.2) is 4.98 Å². The maximum atomic E-state index is 5.18. The van der Waals surface area contributed by atoms with Crippen molar-refractivity contribution in [2.24, 2.45) is 12.5 Å². The van der Waals surface area contributed by atoms with Gasteiger partial charge >= 0.3 is 5.82 Å². The summed E-state index contributed by atoms with van der Waals surface area (Å²) in [6.07, 6.45) is 3.89. The molecule has 2 aromatic carbocycles. The van der Waals surface area contributed by atoms with Gasteiger partial charge in [-0.05, 0) is 104 Å². The zero-order chi connectivity index (χ0) is 20.2. The molecule has 4 rings (SSSR count). The van der Waals surface area contributed by atoms with Crippen LogP contribution >= 0.6 is 0 Å². The smallest absolute Gasteiger partial charge is 0.230 e. The number of hydrogen-bond donors (Lipinski definition) is 0. The fraction of sp³-hybridized carbons (Fsp3) is 0.462. The molecule has 0 aliphatic heterocycles. The number of hydrogen-bond acceptors (Lipinski definition) is 1. The molecule has 2 heteroatoms. The molecular weight excluding hydrogens is 340 g/mol. The molecule has 1 aliphatic rings. The predicted molar refractivity (Wildman–Crippen MR) is 118 cm³/mol. The minimum absolute atomic E-state index is 0.466. The lowest BCUT2D eigenvalue weighted by molar-refractivity contribution is -0.667.